The van der Waals surface area contributed by atoms with Gasteiger partial charge in [0, 0.05) is 4.88 Å². The molecule has 2 heterocycles. The van der Waals surface area contributed by atoms with Crippen molar-refractivity contribution < 1.29 is 14.1 Å². The highest BCUT2D eigenvalue weighted by molar-refractivity contribution is 7.15. The molecule has 0 aliphatic heterocycles. The van der Waals surface area contributed by atoms with Crippen molar-refractivity contribution >= 4 is 22.4 Å². The van der Waals surface area contributed by atoms with Crippen molar-refractivity contribution in [2.75, 3.05) is 5.32 Å². The minimum Gasteiger partial charge on any atom is -0.488 e. The van der Waals surface area contributed by atoms with Crippen LogP contribution < -0.4 is 10.1 Å². The fraction of sp³-hybridized carbons (Fsp3) is 0.316. The molecule has 0 saturated carbocycles. The lowest BCUT2D eigenvalue weighted by Gasteiger charge is -2.11. The third-order valence-corrected chi connectivity index (χ3v) is 5.21. The first kappa shape index (κ1) is 18.1. The molecule has 0 fully saturated rings. The first-order valence-corrected chi connectivity index (χ1v) is 9.08. The number of aryl methyl sites for hydroxylation is 5. The summed E-state index contributed by atoms with van der Waals surface area (Å²) in [5, 5.41) is 7.24. The Hall–Kier alpha value is -2.67. The molecule has 1 aromatic carbocycles. The van der Waals surface area contributed by atoms with E-state index in [4.69, 9.17) is 9.26 Å². The molecule has 0 aliphatic rings. The molecule has 0 bridgehead atoms. The van der Waals surface area contributed by atoms with Crippen LogP contribution in [-0.4, -0.2) is 16.0 Å². The molecule has 0 saturated heterocycles. The third kappa shape index (κ3) is 3.62. The van der Waals surface area contributed by atoms with Crippen molar-refractivity contribution in [2.24, 2.45) is 0 Å². The first-order chi connectivity index (χ1) is 12.4. The molecule has 2 aromatic heterocycles. The number of carbonyl (C=O) groups is 1. The molecular weight excluding hydrogens is 350 g/mol. The van der Waals surface area contributed by atoms with Gasteiger partial charge in [0.05, 0.1) is 11.3 Å². The number of nitrogens with zero attached hydrogens (tertiary/aromatic N) is 2. The lowest BCUT2D eigenvalue weighted by Crippen LogP contribution is -2.15. The molecule has 0 aliphatic carbocycles. The molecule has 0 radical (unpaired) electrons. The van der Waals surface area contributed by atoms with Crippen LogP contribution >= 0.6 is 11.3 Å². The van der Waals surface area contributed by atoms with Crippen molar-refractivity contribution in [3.8, 4) is 5.75 Å². The average Bonchev–Trinajstić information content (AvgIpc) is 3.09. The quantitative estimate of drug-likeness (QED) is 0.714. The number of ether oxygens (including phenoxy) is 1. The zero-order valence-corrected chi connectivity index (χ0v) is 16.3. The maximum Gasteiger partial charge on any atom is 0.280 e. The summed E-state index contributed by atoms with van der Waals surface area (Å²) in [4.78, 5) is 18.0. The van der Waals surface area contributed by atoms with Crippen molar-refractivity contribution in [2.45, 2.75) is 41.2 Å². The maximum atomic E-state index is 12.6. The summed E-state index contributed by atoms with van der Waals surface area (Å²) in [6, 6.07) is 5.96. The number of hydrogen-bond donors (Lipinski definition) is 1. The molecule has 26 heavy (non-hydrogen) atoms. The van der Waals surface area contributed by atoms with Gasteiger partial charge in [-0.2, -0.15) is 0 Å². The predicted molar refractivity (Wildman–Crippen MR) is 101 cm³/mol. The van der Waals surface area contributed by atoms with Gasteiger partial charge >= 0.3 is 0 Å². The molecule has 1 amide bonds. The lowest BCUT2D eigenvalue weighted by atomic mass is 10.1. The van der Waals surface area contributed by atoms with Gasteiger partial charge in [0.15, 0.2) is 10.8 Å². The molecule has 1 N–H and O–H groups in total. The van der Waals surface area contributed by atoms with Gasteiger partial charge in [-0.25, -0.2) is 4.98 Å². The topological polar surface area (TPSA) is 77.2 Å². The van der Waals surface area contributed by atoms with Gasteiger partial charge in [-0.05, 0) is 45.7 Å². The molecular formula is C19H21N3O3S. The van der Waals surface area contributed by atoms with E-state index in [0.717, 1.165) is 27.4 Å². The van der Waals surface area contributed by atoms with Crippen LogP contribution in [0, 0.1) is 34.6 Å². The normalized spacial score (nSPS) is 10.8. The summed E-state index contributed by atoms with van der Waals surface area (Å²) < 4.78 is 11.2. The predicted octanol–water partition coefficient (Wildman–Crippen LogP) is 4.50. The number of thiazole rings is 1. The van der Waals surface area contributed by atoms with Crippen LogP contribution in [0.1, 0.15) is 43.5 Å². The Balaban J connectivity index is 1.79. The van der Waals surface area contributed by atoms with E-state index >= 15 is 0 Å². The van der Waals surface area contributed by atoms with Crippen LogP contribution in [0.25, 0.3) is 0 Å². The maximum absolute atomic E-state index is 12.6. The number of amides is 1. The van der Waals surface area contributed by atoms with Crippen molar-refractivity contribution in [3.05, 3.63) is 56.9 Å². The summed E-state index contributed by atoms with van der Waals surface area (Å²) >= 11 is 1.43. The Morgan fingerprint density at radius 3 is 2.50 bits per heavy atom. The van der Waals surface area contributed by atoms with Gasteiger partial charge in [-0.3, -0.25) is 10.1 Å². The van der Waals surface area contributed by atoms with E-state index in [1.165, 1.54) is 11.3 Å². The Kier molecular flexibility index (Phi) is 5.08. The van der Waals surface area contributed by atoms with Crippen molar-refractivity contribution in [1.82, 2.24) is 10.1 Å². The number of nitrogens with one attached hydrogen (secondary N) is 1. The molecule has 3 rings (SSSR count). The monoisotopic (exact) mass is 371 g/mol. The number of carbonyl (C=O) groups excluding carboxylic acids is 1. The van der Waals surface area contributed by atoms with E-state index in [-0.39, 0.29) is 18.2 Å². The summed E-state index contributed by atoms with van der Waals surface area (Å²) in [6.07, 6.45) is 0. The van der Waals surface area contributed by atoms with E-state index < -0.39 is 0 Å². The summed E-state index contributed by atoms with van der Waals surface area (Å²) in [6.45, 7) is 9.83. The fourth-order valence-corrected chi connectivity index (χ4v) is 3.40. The van der Waals surface area contributed by atoms with Crippen LogP contribution in [0.15, 0.2) is 22.7 Å². The summed E-state index contributed by atoms with van der Waals surface area (Å²) in [5.74, 6) is 1.02. The zero-order chi connectivity index (χ0) is 18.8. The highest BCUT2D eigenvalue weighted by Crippen LogP contribution is 2.26. The van der Waals surface area contributed by atoms with E-state index in [1.807, 2.05) is 45.9 Å². The molecule has 0 atom stereocenters. The van der Waals surface area contributed by atoms with Crippen LogP contribution in [0.5, 0.6) is 5.75 Å². The SMILES string of the molecule is Cc1cccc(C)c1OCc1c(C(=O)Nc2nc(C)c(C)s2)noc1C. The highest BCUT2D eigenvalue weighted by Gasteiger charge is 2.22. The van der Waals surface area contributed by atoms with E-state index in [0.29, 0.717) is 16.5 Å². The summed E-state index contributed by atoms with van der Waals surface area (Å²) in [5.41, 5.74) is 3.84. The van der Waals surface area contributed by atoms with Gasteiger partial charge in [-0.1, -0.05) is 23.4 Å². The molecule has 136 valence electrons. The number of anilines is 1. The van der Waals surface area contributed by atoms with Crippen LogP contribution in [0.2, 0.25) is 0 Å². The Labute approximate surface area is 156 Å². The number of rotatable bonds is 5. The summed E-state index contributed by atoms with van der Waals surface area (Å²) in [7, 11) is 0. The lowest BCUT2D eigenvalue weighted by molar-refractivity contribution is 0.101. The second-order valence-corrected chi connectivity index (χ2v) is 7.39. The second-order valence-electron chi connectivity index (χ2n) is 6.19. The van der Waals surface area contributed by atoms with Gasteiger partial charge in [0.2, 0.25) is 0 Å². The van der Waals surface area contributed by atoms with Crippen LogP contribution in [0.3, 0.4) is 0 Å². The van der Waals surface area contributed by atoms with E-state index in [9.17, 15) is 4.79 Å². The zero-order valence-electron chi connectivity index (χ0n) is 15.5. The first-order valence-electron chi connectivity index (χ1n) is 8.26. The average molecular weight is 371 g/mol. The molecule has 0 unspecified atom stereocenters. The minimum atomic E-state index is -0.351. The minimum absolute atomic E-state index is 0.208. The van der Waals surface area contributed by atoms with Crippen molar-refractivity contribution in [1.29, 1.82) is 0 Å². The Morgan fingerprint density at radius 2 is 1.88 bits per heavy atom. The molecule has 3 aromatic rings. The van der Waals surface area contributed by atoms with Gasteiger partial charge in [-0.15, -0.1) is 11.3 Å². The number of hydrogen-bond acceptors (Lipinski definition) is 6. The molecule has 0 spiro atoms. The standard InChI is InChI=1S/C19H21N3O3S/c1-10-7-6-8-11(2)17(10)24-9-15-13(4)25-22-16(15)18(23)21-19-20-12(3)14(5)26-19/h6-8H,9H2,1-5H3,(H,20,21,23). The third-order valence-electron chi connectivity index (χ3n) is 4.22. The smallest absolute Gasteiger partial charge is 0.280 e. The molecule has 7 heteroatoms. The van der Waals surface area contributed by atoms with Crippen LogP contribution in [-0.2, 0) is 6.61 Å². The van der Waals surface area contributed by atoms with E-state index in [2.05, 4.69) is 15.5 Å². The van der Waals surface area contributed by atoms with Crippen molar-refractivity contribution in [3.63, 3.8) is 0 Å². The fourth-order valence-electron chi connectivity index (χ4n) is 2.59. The second kappa shape index (κ2) is 7.29. The van der Waals surface area contributed by atoms with Gasteiger partial charge < -0.3 is 9.26 Å². The highest BCUT2D eigenvalue weighted by atomic mass is 32.1. The number of aromatic nitrogens is 2. The van der Waals surface area contributed by atoms with E-state index in [1.54, 1.807) is 6.92 Å². The largest absolute Gasteiger partial charge is 0.488 e. The number of para-hydroxylation sites is 1. The Bertz CT molecular complexity index is 919. The van der Waals surface area contributed by atoms with Gasteiger partial charge in [0.1, 0.15) is 18.1 Å². The van der Waals surface area contributed by atoms with Crippen LogP contribution in [0.4, 0.5) is 5.13 Å². The number of benzene rings is 1. The van der Waals surface area contributed by atoms with Gasteiger partial charge in [0.25, 0.3) is 5.91 Å². The Morgan fingerprint density at radius 1 is 1.19 bits per heavy atom. The molecule has 6 nitrogen and oxygen atoms in total.